The van der Waals surface area contributed by atoms with E-state index in [-0.39, 0.29) is 23.8 Å². The molecule has 1 heterocycles. The van der Waals surface area contributed by atoms with Gasteiger partial charge in [-0.25, -0.2) is 0 Å². The molecule has 1 unspecified atom stereocenters. The second-order valence-electron chi connectivity index (χ2n) is 6.58. The predicted octanol–water partition coefficient (Wildman–Crippen LogP) is 1.86. The first kappa shape index (κ1) is 17.5. The maximum absolute atomic E-state index is 12.6. The normalized spacial score (nSPS) is 17.6. The third kappa shape index (κ3) is 4.10. The summed E-state index contributed by atoms with van der Waals surface area (Å²) in [4.78, 5) is 28.1. The average molecular weight is 317 g/mol. The van der Waals surface area contributed by atoms with E-state index < -0.39 is 0 Å². The molecule has 0 aromatic heterocycles. The summed E-state index contributed by atoms with van der Waals surface area (Å²) in [5, 5.41) is 0. The number of amides is 2. The first-order valence-corrected chi connectivity index (χ1v) is 8.29. The summed E-state index contributed by atoms with van der Waals surface area (Å²) < 4.78 is 0. The molecule has 1 saturated heterocycles. The van der Waals surface area contributed by atoms with Crippen LogP contribution in [0.1, 0.15) is 42.6 Å². The molecular weight excluding hydrogens is 290 g/mol. The smallest absolute Gasteiger partial charge is 0.254 e. The Morgan fingerprint density at radius 3 is 2.52 bits per heavy atom. The Labute approximate surface area is 138 Å². The number of nitrogens with zero attached hydrogens (tertiary/aromatic N) is 2. The lowest BCUT2D eigenvalue weighted by Crippen LogP contribution is -2.39. The van der Waals surface area contributed by atoms with Gasteiger partial charge in [-0.2, -0.15) is 0 Å². The fourth-order valence-corrected chi connectivity index (χ4v) is 3.06. The lowest BCUT2D eigenvalue weighted by atomic mass is 10.1. The van der Waals surface area contributed by atoms with Crippen LogP contribution in [-0.4, -0.2) is 47.8 Å². The molecule has 1 aliphatic heterocycles. The van der Waals surface area contributed by atoms with E-state index in [2.05, 4.69) is 0 Å². The molecule has 1 aliphatic rings. The zero-order chi connectivity index (χ0) is 17.0. The van der Waals surface area contributed by atoms with Gasteiger partial charge < -0.3 is 15.5 Å². The lowest BCUT2D eigenvalue weighted by molar-refractivity contribution is -0.133. The highest BCUT2D eigenvalue weighted by molar-refractivity contribution is 5.94. The summed E-state index contributed by atoms with van der Waals surface area (Å²) in [6, 6.07) is 7.70. The fraction of sp³-hybridized carbons (Fsp3) is 0.556. The van der Waals surface area contributed by atoms with E-state index in [4.69, 9.17) is 5.73 Å². The number of carbonyl (C=O) groups is 2. The van der Waals surface area contributed by atoms with E-state index in [1.54, 1.807) is 11.9 Å². The minimum atomic E-state index is -0.00999. The van der Waals surface area contributed by atoms with Gasteiger partial charge in [0.2, 0.25) is 5.91 Å². The number of carbonyl (C=O) groups excluding carboxylic acids is 2. The van der Waals surface area contributed by atoms with Gasteiger partial charge in [0.25, 0.3) is 5.91 Å². The van der Waals surface area contributed by atoms with Crippen LogP contribution in [0, 0.1) is 5.92 Å². The van der Waals surface area contributed by atoms with Crippen molar-refractivity contribution in [1.29, 1.82) is 0 Å². The number of benzene rings is 1. The molecule has 0 spiro atoms. The zero-order valence-corrected chi connectivity index (χ0v) is 14.3. The molecule has 1 aromatic carbocycles. The van der Waals surface area contributed by atoms with Crippen LogP contribution in [0.15, 0.2) is 24.3 Å². The number of likely N-dealkylation sites (tertiary alicyclic amines) is 1. The lowest BCUT2D eigenvalue weighted by Gasteiger charge is -2.24. The van der Waals surface area contributed by atoms with Gasteiger partial charge in [-0.05, 0) is 30.5 Å². The maximum Gasteiger partial charge on any atom is 0.254 e. The first-order valence-electron chi connectivity index (χ1n) is 8.29. The molecule has 1 fully saturated rings. The van der Waals surface area contributed by atoms with Crippen molar-refractivity contribution in [2.75, 3.05) is 20.1 Å². The van der Waals surface area contributed by atoms with Crippen molar-refractivity contribution in [2.24, 2.45) is 11.7 Å². The van der Waals surface area contributed by atoms with Crippen LogP contribution in [0.2, 0.25) is 0 Å². The van der Waals surface area contributed by atoms with E-state index in [9.17, 15) is 9.59 Å². The molecule has 23 heavy (non-hydrogen) atoms. The van der Waals surface area contributed by atoms with Crippen LogP contribution in [0.3, 0.4) is 0 Å². The van der Waals surface area contributed by atoms with E-state index in [1.807, 2.05) is 43.0 Å². The van der Waals surface area contributed by atoms with Crippen molar-refractivity contribution in [3.05, 3.63) is 35.4 Å². The average Bonchev–Trinajstić information content (AvgIpc) is 3.02. The fourth-order valence-electron chi connectivity index (χ4n) is 3.06. The predicted molar refractivity (Wildman–Crippen MR) is 90.9 cm³/mol. The SMILES string of the molecule is CC(C)C(=O)N(C)Cc1ccc(C(=O)N2CCCC2CN)cc1. The maximum atomic E-state index is 12.6. The molecule has 126 valence electrons. The van der Waals surface area contributed by atoms with E-state index in [0.717, 1.165) is 24.9 Å². The van der Waals surface area contributed by atoms with Gasteiger partial charge in [-0.3, -0.25) is 9.59 Å². The quantitative estimate of drug-likeness (QED) is 0.901. The second kappa shape index (κ2) is 7.59. The van der Waals surface area contributed by atoms with E-state index in [0.29, 0.717) is 18.7 Å². The van der Waals surface area contributed by atoms with Crippen molar-refractivity contribution in [3.63, 3.8) is 0 Å². The first-order chi connectivity index (χ1) is 10.9. The van der Waals surface area contributed by atoms with Gasteiger partial charge in [0.15, 0.2) is 0 Å². The van der Waals surface area contributed by atoms with Crippen LogP contribution in [0.4, 0.5) is 0 Å². The van der Waals surface area contributed by atoms with Gasteiger partial charge in [-0.1, -0.05) is 26.0 Å². The third-order valence-corrected chi connectivity index (χ3v) is 4.40. The van der Waals surface area contributed by atoms with Crippen LogP contribution >= 0.6 is 0 Å². The van der Waals surface area contributed by atoms with Crippen molar-refractivity contribution in [2.45, 2.75) is 39.3 Å². The van der Waals surface area contributed by atoms with Crippen molar-refractivity contribution >= 4 is 11.8 Å². The Hall–Kier alpha value is -1.88. The monoisotopic (exact) mass is 317 g/mol. The Morgan fingerprint density at radius 1 is 1.30 bits per heavy atom. The Kier molecular flexibility index (Phi) is 5.77. The standard InChI is InChI=1S/C18H27N3O2/c1-13(2)17(22)20(3)12-14-6-8-15(9-7-14)18(23)21-10-4-5-16(21)11-19/h6-9,13,16H,4-5,10-12,19H2,1-3H3. The zero-order valence-electron chi connectivity index (χ0n) is 14.3. The van der Waals surface area contributed by atoms with Gasteiger partial charge in [-0.15, -0.1) is 0 Å². The van der Waals surface area contributed by atoms with Gasteiger partial charge in [0.1, 0.15) is 0 Å². The molecule has 5 heteroatoms. The topological polar surface area (TPSA) is 66.6 Å². The van der Waals surface area contributed by atoms with Crippen LogP contribution in [-0.2, 0) is 11.3 Å². The third-order valence-electron chi connectivity index (χ3n) is 4.40. The number of hydrogen-bond donors (Lipinski definition) is 1. The molecular formula is C18H27N3O2. The highest BCUT2D eigenvalue weighted by atomic mass is 16.2. The summed E-state index contributed by atoms with van der Waals surface area (Å²) in [5.74, 6) is 0.160. The molecule has 2 rings (SSSR count). The van der Waals surface area contributed by atoms with Crippen molar-refractivity contribution < 1.29 is 9.59 Å². The molecule has 5 nitrogen and oxygen atoms in total. The highest BCUT2D eigenvalue weighted by Gasteiger charge is 2.28. The molecule has 1 atom stereocenters. The molecule has 2 N–H and O–H groups in total. The summed E-state index contributed by atoms with van der Waals surface area (Å²) in [5.41, 5.74) is 7.45. The Balaban J connectivity index is 2.02. The minimum Gasteiger partial charge on any atom is -0.341 e. The largest absolute Gasteiger partial charge is 0.341 e. The Morgan fingerprint density at radius 2 is 1.96 bits per heavy atom. The number of nitrogens with two attached hydrogens (primary N) is 1. The van der Waals surface area contributed by atoms with Crippen molar-refractivity contribution in [3.8, 4) is 0 Å². The number of hydrogen-bond acceptors (Lipinski definition) is 3. The van der Waals surface area contributed by atoms with Gasteiger partial charge in [0.05, 0.1) is 0 Å². The molecule has 0 saturated carbocycles. The summed E-state index contributed by atoms with van der Waals surface area (Å²) >= 11 is 0. The Bertz CT molecular complexity index is 554. The second-order valence-corrected chi connectivity index (χ2v) is 6.58. The molecule has 0 radical (unpaired) electrons. The molecule has 1 aromatic rings. The summed E-state index contributed by atoms with van der Waals surface area (Å²) in [6.45, 7) is 5.65. The summed E-state index contributed by atoms with van der Waals surface area (Å²) in [6.07, 6.45) is 2.01. The van der Waals surface area contributed by atoms with Crippen LogP contribution in [0.25, 0.3) is 0 Å². The van der Waals surface area contributed by atoms with E-state index in [1.165, 1.54) is 0 Å². The molecule has 0 bridgehead atoms. The van der Waals surface area contributed by atoms with Gasteiger partial charge >= 0.3 is 0 Å². The van der Waals surface area contributed by atoms with Crippen LogP contribution < -0.4 is 5.73 Å². The molecule has 0 aliphatic carbocycles. The van der Waals surface area contributed by atoms with Crippen molar-refractivity contribution in [1.82, 2.24) is 9.80 Å². The molecule has 2 amide bonds. The summed E-state index contributed by atoms with van der Waals surface area (Å²) in [7, 11) is 1.80. The number of rotatable bonds is 5. The van der Waals surface area contributed by atoms with E-state index >= 15 is 0 Å². The van der Waals surface area contributed by atoms with Gasteiger partial charge in [0, 0.05) is 44.2 Å². The highest BCUT2D eigenvalue weighted by Crippen LogP contribution is 2.19. The van der Waals surface area contributed by atoms with Crippen LogP contribution in [0.5, 0.6) is 0 Å². The minimum absolute atomic E-state index is 0.00999.